The van der Waals surface area contributed by atoms with Crippen molar-refractivity contribution < 1.29 is 23.3 Å². The minimum atomic E-state index is -0.612. The van der Waals surface area contributed by atoms with Gasteiger partial charge in [0.1, 0.15) is 18.1 Å². The van der Waals surface area contributed by atoms with E-state index in [-0.39, 0.29) is 22.9 Å². The van der Waals surface area contributed by atoms with Crippen molar-refractivity contribution in [3.8, 4) is 23.0 Å². The van der Waals surface area contributed by atoms with Gasteiger partial charge in [0.05, 0.1) is 50.0 Å². The SMILES string of the molecule is COc1cc(Nc2ncc(OCc3c(F)c(OC)cc(OC)c3Cl)cn2)ccc1N1CCC(N2CCN(C)CC2)CC1. The number of rotatable bonds is 10. The molecular weight excluding hydrogens is 563 g/mol. The molecule has 10 nitrogen and oxygen atoms in total. The van der Waals surface area contributed by atoms with Crippen molar-refractivity contribution in [2.24, 2.45) is 0 Å². The normalized spacial score (nSPS) is 16.8. The van der Waals surface area contributed by atoms with Crippen molar-refractivity contribution in [1.82, 2.24) is 19.8 Å². The lowest BCUT2D eigenvalue weighted by Gasteiger charge is -2.42. The number of piperidine rings is 1. The number of ether oxygens (including phenoxy) is 4. The fourth-order valence-corrected chi connectivity index (χ4v) is 5.75. The van der Waals surface area contributed by atoms with Gasteiger partial charge in [-0.1, -0.05) is 11.6 Å². The highest BCUT2D eigenvalue weighted by Crippen LogP contribution is 2.37. The molecule has 3 heterocycles. The average Bonchev–Trinajstić information content (AvgIpc) is 3.02. The predicted molar refractivity (Wildman–Crippen MR) is 161 cm³/mol. The molecule has 2 aromatic carbocycles. The second-order valence-electron chi connectivity index (χ2n) is 10.5. The summed E-state index contributed by atoms with van der Waals surface area (Å²) >= 11 is 6.29. The molecule has 0 saturated carbocycles. The van der Waals surface area contributed by atoms with E-state index < -0.39 is 5.82 Å². The third-order valence-corrected chi connectivity index (χ3v) is 8.39. The molecule has 3 aromatic rings. The van der Waals surface area contributed by atoms with Gasteiger partial charge < -0.3 is 34.1 Å². The van der Waals surface area contributed by atoms with Crippen molar-refractivity contribution in [3.63, 3.8) is 0 Å². The van der Waals surface area contributed by atoms with Gasteiger partial charge in [0.2, 0.25) is 5.95 Å². The van der Waals surface area contributed by atoms with E-state index in [2.05, 4.69) is 43.1 Å². The molecule has 0 bridgehead atoms. The number of hydrogen-bond donors (Lipinski definition) is 1. The van der Waals surface area contributed by atoms with Crippen LogP contribution >= 0.6 is 11.6 Å². The Bertz CT molecular complexity index is 1320. The lowest BCUT2D eigenvalue weighted by Crippen LogP contribution is -2.52. The molecule has 5 rings (SSSR count). The Labute approximate surface area is 251 Å². The summed E-state index contributed by atoms with van der Waals surface area (Å²) < 4.78 is 36.5. The zero-order valence-corrected chi connectivity index (χ0v) is 25.3. The molecule has 12 heteroatoms. The largest absolute Gasteiger partial charge is 0.495 e. The fourth-order valence-electron chi connectivity index (χ4n) is 5.48. The summed E-state index contributed by atoms with van der Waals surface area (Å²) in [6.45, 7) is 6.46. The van der Waals surface area contributed by atoms with Crippen LogP contribution in [0, 0.1) is 5.82 Å². The van der Waals surface area contributed by atoms with Gasteiger partial charge in [0.25, 0.3) is 0 Å². The number of nitrogens with zero attached hydrogens (tertiary/aromatic N) is 5. The summed E-state index contributed by atoms with van der Waals surface area (Å²) in [6, 6.07) is 8.08. The highest BCUT2D eigenvalue weighted by molar-refractivity contribution is 6.32. The van der Waals surface area contributed by atoms with E-state index >= 15 is 0 Å². The molecule has 0 atom stereocenters. The molecule has 226 valence electrons. The molecule has 0 spiro atoms. The highest BCUT2D eigenvalue weighted by Gasteiger charge is 2.28. The molecule has 0 radical (unpaired) electrons. The molecule has 1 N–H and O–H groups in total. The summed E-state index contributed by atoms with van der Waals surface area (Å²) in [5, 5.41) is 3.33. The molecule has 0 amide bonds. The second kappa shape index (κ2) is 13.6. The Kier molecular flexibility index (Phi) is 9.71. The van der Waals surface area contributed by atoms with Gasteiger partial charge in [-0.15, -0.1) is 0 Å². The van der Waals surface area contributed by atoms with Crippen LogP contribution in [0.3, 0.4) is 0 Å². The Balaban J connectivity index is 1.18. The van der Waals surface area contributed by atoms with Crippen molar-refractivity contribution in [1.29, 1.82) is 0 Å². The molecule has 2 aliphatic heterocycles. The maximum atomic E-state index is 14.8. The van der Waals surface area contributed by atoms with Crippen LogP contribution in [0.4, 0.5) is 21.7 Å². The van der Waals surface area contributed by atoms with E-state index in [1.165, 1.54) is 32.7 Å². The van der Waals surface area contributed by atoms with Gasteiger partial charge in [-0.05, 0) is 32.0 Å². The van der Waals surface area contributed by atoms with Crippen molar-refractivity contribution in [2.75, 3.05) is 77.9 Å². The smallest absolute Gasteiger partial charge is 0.227 e. The zero-order chi connectivity index (χ0) is 29.6. The zero-order valence-electron chi connectivity index (χ0n) is 24.5. The Morgan fingerprint density at radius 3 is 2.21 bits per heavy atom. The number of methoxy groups -OCH3 is 3. The first-order valence-corrected chi connectivity index (χ1v) is 14.4. The molecule has 1 aromatic heterocycles. The number of hydrogen-bond acceptors (Lipinski definition) is 10. The maximum absolute atomic E-state index is 14.8. The summed E-state index contributed by atoms with van der Waals surface area (Å²) in [5.41, 5.74) is 2.00. The number of benzene rings is 2. The van der Waals surface area contributed by atoms with E-state index in [4.69, 9.17) is 30.5 Å². The van der Waals surface area contributed by atoms with E-state index in [9.17, 15) is 4.39 Å². The molecule has 42 heavy (non-hydrogen) atoms. The predicted octanol–water partition coefficient (Wildman–Crippen LogP) is 4.83. The minimum absolute atomic E-state index is 0.0160. The number of piperazine rings is 1. The van der Waals surface area contributed by atoms with Crippen LogP contribution in [0.5, 0.6) is 23.0 Å². The summed E-state index contributed by atoms with van der Waals surface area (Å²) in [6.07, 6.45) is 5.32. The number of halogens is 2. The molecule has 0 aliphatic carbocycles. The van der Waals surface area contributed by atoms with Crippen LogP contribution in [0.15, 0.2) is 36.7 Å². The summed E-state index contributed by atoms with van der Waals surface area (Å²) in [4.78, 5) is 16.1. The Hall–Kier alpha value is -3.54. The second-order valence-corrected chi connectivity index (χ2v) is 10.9. The van der Waals surface area contributed by atoms with Gasteiger partial charge >= 0.3 is 0 Å². The molecular formula is C30H38ClFN6O4. The Morgan fingerprint density at radius 2 is 1.57 bits per heavy atom. The number of aromatic nitrogens is 2. The van der Waals surface area contributed by atoms with Crippen molar-refractivity contribution in [2.45, 2.75) is 25.5 Å². The molecule has 2 aliphatic rings. The molecule has 2 saturated heterocycles. The van der Waals surface area contributed by atoms with E-state index in [0.717, 1.165) is 69.2 Å². The van der Waals surface area contributed by atoms with Gasteiger partial charge in [-0.25, -0.2) is 14.4 Å². The summed E-state index contributed by atoms with van der Waals surface area (Å²) in [5.74, 6) is 1.23. The maximum Gasteiger partial charge on any atom is 0.227 e. The van der Waals surface area contributed by atoms with E-state index in [1.807, 2.05) is 12.1 Å². The molecule has 0 unspecified atom stereocenters. The van der Waals surface area contributed by atoms with Crippen molar-refractivity contribution >= 4 is 28.9 Å². The monoisotopic (exact) mass is 600 g/mol. The standard InChI is InChI=1S/C30H38ClFN6O4/c1-36-11-13-37(14-12-36)21-7-9-38(10-8-21)24-6-5-20(15-25(24)39-2)35-30-33-17-22(18-34-30)42-19-23-28(31)26(40-3)16-27(41-4)29(23)32/h5-6,15-18,21H,7-14,19H2,1-4H3,(H,33,34,35). The van der Waals surface area contributed by atoms with Crippen LogP contribution in [0.1, 0.15) is 18.4 Å². The van der Waals surface area contributed by atoms with E-state index in [1.54, 1.807) is 7.11 Å². The lowest BCUT2D eigenvalue weighted by molar-refractivity contribution is 0.0981. The third kappa shape index (κ3) is 6.74. The van der Waals surface area contributed by atoms with Crippen LogP contribution in [-0.2, 0) is 6.61 Å². The lowest BCUT2D eigenvalue weighted by atomic mass is 10.0. The van der Waals surface area contributed by atoms with E-state index in [0.29, 0.717) is 23.5 Å². The van der Waals surface area contributed by atoms with Crippen LogP contribution in [0.2, 0.25) is 5.02 Å². The third-order valence-electron chi connectivity index (χ3n) is 7.97. The molecule has 2 fully saturated rings. The minimum Gasteiger partial charge on any atom is -0.495 e. The topological polar surface area (TPSA) is 84.4 Å². The van der Waals surface area contributed by atoms with Crippen molar-refractivity contribution in [3.05, 3.63) is 53.1 Å². The highest BCUT2D eigenvalue weighted by atomic mass is 35.5. The Morgan fingerprint density at radius 1 is 0.905 bits per heavy atom. The fraction of sp³-hybridized carbons (Fsp3) is 0.467. The van der Waals surface area contributed by atoms with Gasteiger partial charge in [0, 0.05) is 63.1 Å². The van der Waals surface area contributed by atoms with Gasteiger partial charge in [-0.2, -0.15) is 0 Å². The first-order valence-electron chi connectivity index (χ1n) is 14.1. The first-order chi connectivity index (χ1) is 20.4. The van der Waals surface area contributed by atoms with Gasteiger partial charge in [-0.3, -0.25) is 4.90 Å². The quantitative estimate of drug-likeness (QED) is 0.349. The number of nitrogens with one attached hydrogen (secondary N) is 1. The van der Waals surface area contributed by atoms with Crippen LogP contribution in [0.25, 0.3) is 0 Å². The first kappa shape index (κ1) is 29.9. The van der Waals surface area contributed by atoms with Crippen LogP contribution < -0.4 is 29.2 Å². The average molecular weight is 601 g/mol. The summed E-state index contributed by atoms with van der Waals surface area (Å²) in [7, 11) is 6.71. The number of anilines is 3. The number of likely N-dealkylation sites (N-methyl/N-ethyl adjacent to an activating group) is 1. The van der Waals surface area contributed by atoms with Gasteiger partial charge in [0.15, 0.2) is 17.3 Å². The van der Waals surface area contributed by atoms with Crippen LogP contribution in [-0.4, -0.2) is 93.5 Å².